The molecule has 1 aromatic rings. The number of rotatable bonds is 4. The molecule has 1 unspecified atom stereocenters. The van der Waals surface area contributed by atoms with Crippen LogP contribution < -0.4 is 5.32 Å². The number of aliphatic hydroxyl groups excluding tert-OH is 1. The molecule has 0 aliphatic heterocycles. The molecule has 1 aromatic carbocycles. The van der Waals surface area contributed by atoms with Crippen LogP contribution in [0.2, 0.25) is 0 Å². The molecule has 0 fully saturated rings. The molecule has 0 saturated heterocycles. The number of phenols is 1. The minimum atomic E-state index is -0.254. The van der Waals surface area contributed by atoms with Crippen molar-refractivity contribution in [3.63, 3.8) is 0 Å². The van der Waals surface area contributed by atoms with Crippen LogP contribution in [-0.4, -0.2) is 28.8 Å². The highest BCUT2D eigenvalue weighted by Crippen LogP contribution is 2.16. The largest absolute Gasteiger partial charge is 0.508 e. The first kappa shape index (κ1) is 13.5. The summed E-state index contributed by atoms with van der Waals surface area (Å²) in [6.45, 7) is 5.55. The molecule has 0 aliphatic rings. The maximum atomic E-state index is 11.9. The number of benzene rings is 1. The van der Waals surface area contributed by atoms with Crippen molar-refractivity contribution in [3.05, 3.63) is 29.3 Å². The van der Waals surface area contributed by atoms with Crippen LogP contribution in [0.5, 0.6) is 5.75 Å². The van der Waals surface area contributed by atoms with E-state index >= 15 is 0 Å². The predicted octanol–water partition coefficient (Wildman–Crippen LogP) is 1.45. The Hall–Kier alpha value is -1.55. The van der Waals surface area contributed by atoms with Gasteiger partial charge in [-0.25, -0.2) is 0 Å². The van der Waals surface area contributed by atoms with Gasteiger partial charge < -0.3 is 15.5 Å². The van der Waals surface area contributed by atoms with E-state index in [1.165, 1.54) is 12.1 Å². The van der Waals surface area contributed by atoms with E-state index in [1.54, 1.807) is 13.0 Å². The summed E-state index contributed by atoms with van der Waals surface area (Å²) in [4.78, 5) is 11.9. The molecule has 0 radical (unpaired) electrons. The van der Waals surface area contributed by atoms with Crippen molar-refractivity contribution in [2.24, 2.45) is 5.92 Å². The Kier molecular flexibility index (Phi) is 4.52. The zero-order chi connectivity index (χ0) is 13.0. The maximum absolute atomic E-state index is 11.9. The van der Waals surface area contributed by atoms with E-state index in [0.29, 0.717) is 11.1 Å². The van der Waals surface area contributed by atoms with Crippen molar-refractivity contribution in [2.45, 2.75) is 26.8 Å². The van der Waals surface area contributed by atoms with Gasteiger partial charge in [0.2, 0.25) is 0 Å². The SMILES string of the molecule is Cc1cc(O)ccc1C(=O)NC(CO)C(C)C. The Balaban J connectivity index is 2.82. The minimum absolute atomic E-state index is 0.0828. The number of carbonyl (C=O) groups excluding carboxylic acids is 1. The quantitative estimate of drug-likeness (QED) is 0.742. The predicted molar refractivity (Wildman–Crippen MR) is 66.0 cm³/mol. The van der Waals surface area contributed by atoms with Crippen molar-refractivity contribution >= 4 is 5.91 Å². The van der Waals surface area contributed by atoms with Crippen molar-refractivity contribution in [1.82, 2.24) is 5.32 Å². The highest BCUT2D eigenvalue weighted by atomic mass is 16.3. The van der Waals surface area contributed by atoms with Crippen LogP contribution in [0, 0.1) is 12.8 Å². The third-order valence-corrected chi connectivity index (χ3v) is 2.77. The van der Waals surface area contributed by atoms with Crippen LogP contribution in [0.1, 0.15) is 29.8 Å². The molecule has 0 saturated carbocycles. The van der Waals surface area contributed by atoms with Crippen LogP contribution in [-0.2, 0) is 0 Å². The smallest absolute Gasteiger partial charge is 0.251 e. The van der Waals surface area contributed by atoms with Crippen LogP contribution in [0.3, 0.4) is 0 Å². The van der Waals surface area contributed by atoms with Crippen LogP contribution in [0.4, 0.5) is 0 Å². The van der Waals surface area contributed by atoms with Gasteiger partial charge in [0.15, 0.2) is 0 Å². The number of aryl methyl sites for hydroxylation is 1. The Morgan fingerprint density at radius 2 is 2.06 bits per heavy atom. The van der Waals surface area contributed by atoms with E-state index in [0.717, 1.165) is 0 Å². The molecule has 0 heterocycles. The second kappa shape index (κ2) is 5.68. The lowest BCUT2D eigenvalue weighted by Gasteiger charge is -2.20. The van der Waals surface area contributed by atoms with Crippen molar-refractivity contribution < 1.29 is 15.0 Å². The van der Waals surface area contributed by atoms with Gasteiger partial charge in [0.1, 0.15) is 5.75 Å². The Morgan fingerprint density at radius 1 is 1.41 bits per heavy atom. The van der Waals surface area contributed by atoms with Gasteiger partial charge in [0.25, 0.3) is 5.91 Å². The summed E-state index contributed by atoms with van der Waals surface area (Å²) in [5.41, 5.74) is 1.23. The average Bonchev–Trinajstić information content (AvgIpc) is 2.24. The summed E-state index contributed by atoms with van der Waals surface area (Å²) < 4.78 is 0. The lowest BCUT2D eigenvalue weighted by atomic mass is 10.0. The zero-order valence-corrected chi connectivity index (χ0v) is 10.4. The van der Waals surface area contributed by atoms with Crippen LogP contribution >= 0.6 is 0 Å². The summed E-state index contributed by atoms with van der Waals surface area (Å²) in [6, 6.07) is 4.34. The lowest BCUT2D eigenvalue weighted by Crippen LogP contribution is -2.41. The molecule has 4 nitrogen and oxygen atoms in total. The number of aromatic hydroxyl groups is 1. The molecular weight excluding hydrogens is 218 g/mol. The molecule has 1 amide bonds. The lowest BCUT2D eigenvalue weighted by molar-refractivity contribution is 0.0896. The molecule has 3 N–H and O–H groups in total. The summed E-state index contributed by atoms with van der Waals surface area (Å²) in [7, 11) is 0. The molecule has 0 bridgehead atoms. The van der Waals surface area contributed by atoms with E-state index < -0.39 is 0 Å². The zero-order valence-electron chi connectivity index (χ0n) is 10.4. The number of carbonyl (C=O) groups is 1. The second-order valence-corrected chi connectivity index (χ2v) is 4.51. The topological polar surface area (TPSA) is 69.6 Å². The molecule has 1 atom stereocenters. The number of nitrogens with one attached hydrogen (secondary N) is 1. The number of amides is 1. The molecule has 0 aromatic heterocycles. The fraction of sp³-hybridized carbons (Fsp3) is 0.462. The van der Waals surface area contributed by atoms with Gasteiger partial charge in [-0.15, -0.1) is 0 Å². The summed E-state index contributed by atoms with van der Waals surface area (Å²) >= 11 is 0. The average molecular weight is 237 g/mol. The molecule has 0 aliphatic carbocycles. The van der Waals surface area contributed by atoms with E-state index in [4.69, 9.17) is 5.11 Å². The fourth-order valence-electron chi connectivity index (χ4n) is 1.57. The molecule has 17 heavy (non-hydrogen) atoms. The minimum Gasteiger partial charge on any atom is -0.508 e. The molecular formula is C13H19NO3. The Bertz CT molecular complexity index is 402. The first-order valence-electron chi connectivity index (χ1n) is 5.67. The van der Waals surface area contributed by atoms with Gasteiger partial charge in [0, 0.05) is 5.56 Å². The van der Waals surface area contributed by atoms with Gasteiger partial charge in [-0.05, 0) is 36.6 Å². The first-order chi connectivity index (χ1) is 7.95. The number of hydrogen-bond acceptors (Lipinski definition) is 3. The van der Waals surface area contributed by atoms with Crippen LogP contribution in [0.25, 0.3) is 0 Å². The van der Waals surface area contributed by atoms with Crippen molar-refractivity contribution in [2.75, 3.05) is 6.61 Å². The van der Waals surface area contributed by atoms with Crippen molar-refractivity contribution in [3.8, 4) is 5.75 Å². The number of aliphatic hydroxyl groups is 1. The number of hydrogen-bond donors (Lipinski definition) is 3. The summed E-state index contributed by atoms with van der Waals surface area (Å²) in [6.07, 6.45) is 0. The fourth-order valence-corrected chi connectivity index (χ4v) is 1.57. The third kappa shape index (κ3) is 3.46. The highest BCUT2D eigenvalue weighted by Gasteiger charge is 2.17. The van der Waals surface area contributed by atoms with E-state index in [9.17, 15) is 9.90 Å². The van der Waals surface area contributed by atoms with Gasteiger partial charge in [-0.2, -0.15) is 0 Å². The summed E-state index contributed by atoms with van der Waals surface area (Å²) in [5, 5.41) is 21.2. The monoisotopic (exact) mass is 237 g/mol. The van der Waals surface area contributed by atoms with Crippen molar-refractivity contribution in [1.29, 1.82) is 0 Å². The maximum Gasteiger partial charge on any atom is 0.251 e. The molecule has 94 valence electrons. The Labute approximate surface area is 101 Å². The van der Waals surface area contributed by atoms with E-state index in [1.807, 2.05) is 13.8 Å². The normalized spacial score (nSPS) is 12.5. The van der Waals surface area contributed by atoms with Gasteiger partial charge >= 0.3 is 0 Å². The second-order valence-electron chi connectivity index (χ2n) is 4.51. The highest BCUT2D eigenvalue weighted by molar-refractivity contribution is 5.96. The van der Waals surface area contributed by atoms with Gasteiger partial charge in [-0.3, -0.25) is 4.79 Å². The van der Waals surface area contributed by atoms with Crippen LogP contribution in [0.15, 0.2) is 18.2 Å². The Morgan fingerprint density at radius 3 is 2.53 bits per heavy atom. The van der Waals surface area contributed by atoms with Gasteiger partial charge in [0.05, 0.1) is 12.6 Å². The number of phenolic OH excluding ortho intramolecular Hbond substituents is 1. The first-order valence-corrected chi connectivity index (χ1v) is 5.67. The molecule has 4 heteroatoms. The summed E-state index contributed by atoms with van der Waals surface area (Å²) in [5.74, 6) is 0.0817. The molecule has 1 rings (SSSR count). The van der Waals surface area contributed by atoms with E-state index in [2.05, 4.69) is 5.32 Å². The van der Waals surface area contributed by atoms with E-state index in [-0.39, 0.29) is 30.2 Å². The molecule has 0 spiro atoms. The third-order valence-electron chi connectivity index (χ3n) is 2.77. The van der Waals surface area contributed by atoms with Gasteiger partial charge in [-0.1, -0.05) is 13.8 Å². The standard InChI is InChI=1S/C13H19NO3/c1-8(2)12(7-15)14-13(17)11-5-4-10(16)6-9(11)3/h4-6,8,12,15-16H,7H2,1-3H3,(H,14,17).